The van der Waals surface area contributed by atoms with Crippen LogP contribution in [0.15, 0.2) is 47.4 Å². The molecule has 0 aliphatic carbocycles. The molecule has 3 rings (SSSR count). The van der Waals surface area contributed by atoms with E-state index < -0.39 is 0 Å². The molecule has 1 saturated heterocycles. The Morgan fingerprint density at radius 1 is 1.24 bits per heavy atom. The minimum atomic E-state index is -0.270. The fourth-order valence-electron chi connectivity index (χ4n) is 2.65. The summed E-state index contributed by atoms with van der Waals surface area (Å²) in [6.45, 7) is 1.80. The van der Waals surface area contributed by atoms with Crippen LogP contribution in [0.1, 0.15) is 11.1 Å². The molecule has 0 radical (unpaired) electrons. The minimum absolute atomic E-state index is 0.132. The van der Waals surface area contributed by atoms with Gasteiger partial charge < -0.3 is 14.8 Å². The van der Waals surface area contributed by atoms with Crippen molar-refractivity contribution < 1.29 is 19.1 Å². The van der Waals surface area contributed by atoms with Crippen LogP contribution in [0, 0.1) is 6.92 Å². The van der Waals surface area contributed by atoms with Crippen molar-refractivity contribution in [2.24, 2.45) is 0 Å². The summed E-state index contributed by atoms with van der Waals surface area (Å²) >= 11 is 6.39. The maximum atomic E-state index is 12.1. The lowest BCUT2D eigenvalue weighted by Crippen LogP contribution is -2.22. The summed E-state index contributed by atoms with van der Waals surface area (Å²) in [5.74, 6) is 0.502. The molecule has 1 aliphatic heterocycles. The van der Waals surface area contributed by atoms with E-state index in [1.807, 2.05) is 31.2 Å². The van der Waals surface area contributed by atoms with Crippen LogP contribution in [0.5, 0.6) is 11.5 Å². The van der Waals surface area contributed by atoms with Gasteiger partial charge in [-0.05, 0) is 48.4 Å². The number of aryl methyl sites for hydroxylation is 1. The van der Waals surface area contributed by atoms with Gasteiger partial charge >= 0.3 is 0 Å². The second-order valence-corrected chi connectivity index (χ2v) is 8.03. The second kappa shape index (κ2) is 9.11. The molecule has 1 heterocycles. The molecule has 0 saturated carbocycles. The van der Waals surface area contributed by atoms with Crippen LogP contribution in [0.4, 0.5) is 5.69 Å². The number of benzene rings is 2. The standard InChI is InChI=1S/C21H20N2O4S2/c1-13-5-4-6-15(9-13)22-19(24)12-27-16-8-7-14(10-17(16)26-3)11-18-20(25)23(2)21(28)29-18/h4-11H,12H2,1-3H3,(H,22,24)/b18-11+. The Balaban J connectivity index is 1.67. The number of nitrogens with one attached hydrogen (secondary N) is 1. The predicted molar refractivity (Wildman–Crippen MR) is 119 cm³/mol. The number of carbonyl (C=O) groups excluding carboxylic acids is 2. The smallest absolute Gasteiger partial charge is 0.265 e. The number of thioether (sulfide) groups is 1. The van der Waals surface area contributed by atoms with Gasteiger partial charge in [0.25, 0.3) is 11.8 Å². The third-order valence-corrected chi connectivity index (χ3v) is 5.62. The second-order valence-electron chi connectivity index (χ2n) is 6.36. The van der Waals surface area contributed by atoms with Gasteiger partial charge in [-0.2, -0.15) is 0 Å². The number of anilines is 1. The van der Waals surface area contributed by atoms with Gasteiger partial charge in [0.2, 0.25) is 0 Å². The quantitative estimate of drug-likeness (QED) is 0.557. The van der Waals surface area contributed by atoms with E-state index in [0.717, 1.165) is 11.1 Å². The number of carbonyl (C=O) groups is 2. The zero-order chi connectivity index (χ0) is 21.0. The molecule has 1 aliphatic rings. The fraction of sp³-hybridized carbons (Fsp3) is 0.190. The molecule has 150 valence electrons. The van der Waals surface area contributed by atoms with Crippen LogP contribution >= 0.6 is 24.0 Å². The largest absolute Gasteiger partial charge is 0.493 e. The minimum Gasteiger partial charge on any atom is -0.493 e. The number of rotatable bonds is 6. The number of hydrogen-bond acceptors (Lipinski definition) is 6. The van der Waals surface area contributed by atoms with Gasteiger partial charge in [0.1, 0.15) is 4.32 Å². The number of nitrogens with zero attached hydrogens (tertiary/aromatic N) is 1. The molecule has 1 N–H and O–H groups in total. The SMILES string of the molecule is COc1cc(/C=C2/SC(=S)N(C)C2=O)ccc1OCC(=O)Nc1cccc(C)c1. The number of amides is 2. The molecule has 1 fully saturated rings. The maximum Gasteiger partial charge on any atom is 0.265 e. The summed E-state index contributed by atoms with van der Waals surface area (Å²) in [7, 11) is 3.17. The van der Waals surface area contributed by atoms with Gasteiger partial charge in [0, 0.05) is 12.7 Å². The van der Waals surface area contributed by atoms with E-state index in [-0.39, 0.29) is 18.4 Å². The first kappa shape index (κ1) is 20.9. The highest BCUT2D eigenvalue weighted by atomic mass is 32.2. The van der Waals surface area contributed by atoms with Crippen LogP contribution in [0.25, 0.3) is 6.08 Å². The van der Waals surface area contributed by atoms with Crippen molar-refractivity contribution in [2.45, 2.75) is 6.92 Å². The highest BCUT2D eigenvalue weighted by Crippen LogP contribution is 2.34. The molecule has 0 aromatic heterocycles. The molecular formula is C21H20N2O4S2. The number of thiocarbonyl (C=S) groups is 1. The molecule has 2 aromatic carbocycles. The van der Waals surface area contributed by atoms with E-state index in [0.29, 0.717) is 26.4 Å². The average Bonchev–Trinajstić information content (AvgIpc) is 2.93. The van der Waals surface area contributed by atoms with Gasteiger partial charge in [0.15, 0.2) is 18.1 Å². The van der Waals surface area contributed by atoms with Gasteiger partial charge in [-0.15, -0.1) is 0 Å². The average molecular weight is 429 g/mol. The van der Waals surface area contributed by atoms with Crippen molar-refractivity contribution in [3.05, 3.63) is 58.5 Å². The lowest BCUT2D eigenvalue weighted by molar-refractivity contribution is -0.121. The van der Waals surface area contributed by atoms with E-state index in [2.05, 4.69) is 5.32 Å². The van der Waals surface area contributed by atoms with Crippen molar-refractivity contribution in [1.82, 2.24) is 4.90 Å². The topological polar surface area (TPSA) is 67.9 Å². The molecule has 6 nitrogen and oxygen atoms in total. The first-order valence-corrected chi connectivity index (χ1v) is 9.99. The van der Waals surface area contributed by atoms with Gasteiger partial charge in [-0.25, -0.2) is 0 Å². The zero-order valence-electron chi connectivity index (χ0n) is 16.2. The Bertz CT molecular complexity index is 1000. The van der Waals surface area contributed by atoms with E-state index in [9.17, 15) is 9.59 Å². The first-order chi connectivity index (χ1) is 13.9. The molecule has 8 heteroatoms. The summed E-state index contributed by atoms with van der Waals surface area (Å²) < 4.78 is 11.5. The molecular weight excluding hydrogens is 408 g/mol. The van der Waals surface area contributed by atoms with Crippen molar-refractivity contribution in [3.63, 3.8) is 0 Å². The third-order valence-electron chi connectivity index (χ3n) is 4.13. The Morgan fingerprint density at radius 3 is 2.69 bits per heavy atom. The van der Waals surface area contributed by atoms with Crippen LogP contribution in [-0.4, -0.2) is 41.8 Å². The first-order valence-electron chi connectivity index (χ1n) is 8.76. The summed E-state index contributed by atoms with van der Waals surface area (Å²) in [5.41, 5.74) is 2.54. The zero-order valence-corrected chi connectivity index (χ0v) is 17.9. The van der Waals surface area contributed by atoms with Crippen LogP contribution in [-0.2, 0) is 9.59 Å². The monoisotopic (exact) mass is 428 g/mol. The number of hydrogen-bond donors (Lipinski definition) is 1. The summed E-state index contributed by atoms with van der Waals surface area (Å²) in [6.07, 6.45) is 1.75. The fourth-order valence-corrected chi connectivity index (χ4v) is 3.83. The van der Waals surface area contributed by atoms with E-state index in [4.69, 9.17) is 21.7 Å². The highest BCUT2D eigenvalue weighted by molar-refractivity contribution is 8.26. The summed E-state index contributed by atoms with van der Waals surface area (Å²) in [4.78, 5) is 26.3. The number of likely N-dealkylation sites (N-methyl/N-ethyl adjacent to an activating group) is 1. The van der Waals surface area contributed by atoms with E-state index in [1.165, 1.54) is 23.8 Å². The van der Waals surface area contributed by atoms with Crippen LogP contribution < -0.4 is 14.8 Å². The van der Waals surface area contributed by atoms with Gasteiger partial charge in [-0.3, -0.25) is 14.5 Å². The predicted octanol–water partition coefficient (Wildman–Crippen LogP) is 3.85. The molecule has 29 heavy (non-hydrogen) atoms. The van der Waals surface area contributed by atoms with Gasteiger partial charge in [0.05, 0.1) is 12.0 Å². The lowest BCUT2D eigenvalue weighted by Gasteiger charge is -2.12. The Kier molecular flexibility index (Phi) is 6.56. The molecule has 2 aromatic rings. The van der Waals surface area contributed by atoms with Gasteiger partial charge in [-0.1, -0.05) is 42.2 Å². The van der Waals surface area contributed by atoms with E-state index in [1.54, 1.807) is 31.3 Å². The number of methoxy groups -OCH3 is 1. The Labute approximate surface area is 178 Å². The van der Waals surface area contributed by atoms with Crippen LogP contribution in [0.3, 0.4) is 0 Å². The molecule has 0 bridgehead atoms. The van der Waals surface area contributed by atoms with Crippen LogP contribution in [0.2, 0.25) is 0 Å². The molecule has 0 unspecified atom stereocenters. The molecule has 0 spiro atoms. The molecule has 2 amide bonds. The third kappa shape index (κ3) is 5.16. The van der Waals surface area contributed by atoms with Crippen molar-refractivity contribution in [2.75, 3.05) is 26.1 Å². The lowest BCUT2D eigenvalue weighted by atomic mass is 10.2. The Hall–Kier alpha value is -2.84. The van der Waals surface area contributed by atoms with Crippen molar-refractivity contribution >= 4 is 51.9 Å². The maximum absolute atomic E-state index is 12.1. The molecule has 0 atom stereocenters. The summed E-state index contributed by atoms with van der Waals surface area (Å²) in [6, 6.07) is 12.8. The highest BCUT2D eigenvalue weighted by Gasteiger charge is 2.28. The Morgan fingerprint density at radius 2 is 2.03 bits per heavy atom. The normalized spacial score (nSPS) is 15.0. The number of ether oxygens (including phenoxy) is 2. The van der Waals surface area contributed by atoms with E-state index >= 15 is 0 Å². The van der Waals surface area contributed by atoms with Crippen molar-refractivity contribution in [1.29, 1.82) is 0 Å². The van der Waals surface area contributed by atoms with Crippen molar-refractivity contribution in [3.8, 4) is 11.5 Å². The summed E-state index contributed by atoms with van der Waals surface area (Å²) in [5, 5.41) is 2.79.